The lowest BCUT2D eigenvalue weighted by atomic mass is 9.85. The molecule has 2 saturated carbocycles. The van der Waals surface area contributed by atoms with E-state index in [1.54, 1.807) is 4.57 Å². The summed E-state index contributed by atoms with van der Waals surface area (Å²) >= 11 is 0. The second kappa shape index (κ2) is 9.33. The van der Waals surface area contributed by atoms with E-state index in [1.807, 2.05) is 0 Å². The number of imidazole rings is 1. The number of hydrogen-bond donors (Lipinski definition) is 4. The maximum absolute atomic E-state index is 14.4. The molecule has 0 spiro atoms. The highest BCUT2D eigenvalue weighted by atomic mass is 19.2. The third-order valence-corrected chi connectivity index (χ3v) is 6.92. The Morgan fingerprint density at radius 1 is 1.06 bits per heavy atom. The third-order valence-electron chi connectivity index (χ3n) is 6.92. The van der Waals surface area contributed by atoms with Crippen LogP contribution in [0, 0.1) is 23.4 Å². The molecule has 5 rings (SSSR count). The SMILES string of the molecule is NC(=O)[C@H]1CC[C@H](n2c(Nc3ccc(F)c(F)c3F)nc3cnc(N[C@@H]4CC[C@@H](O)C4)nc32)CC1. The molecular weight excluding hydrogens is 463 g/mol. The van der Waals surface area contributed by atoms with Crippen molar-refractivity contribution in [3.8, 4) is 0 Å². The summed E-state index contributed by atoms with van der Waals surface area (Å²) in [6.45, 7) is 0. The van der Waals surface area contributed by atoms with Crippen molar-refractivity contribution < 1.29 is 23.1 Å². The number of halogens is 3. The number of nitrogens with two attached hydrogens (primary N) is 1. The average molecular weight is 490 g/mol. The molecule has 0 aliphatic heterocycles. The Morgan fingerprint density at radius 3 is 2.51 bits per heavy atom. The zero-order chi connectivity index (χ0) is 24.7. The van der Waals surface area contributed by atoms with Crippen LogP contribution in [-0.4, -0.2) is 42.7 Å². The Hall–Kier alpha value is -3.41. The third kappa shape index (κ3) is 4.62. The van der Waals surface area contributed by atoms with E-state index in [0.717, 1.165) is 18.6 Å². The van der Waals surface area contributed by atoms with Crippen LogP contribution in [0.25, 0.3) is 11.2 Å². The van der Waals surface area contributed by atoms with E-state index >= 15 is 0 Å². The number of hydrogen-bond acceptors (Lipinski definition) is 7. The number of nitrogens with zero attached hydrogens (tertiary/aromatic N) is 4. The van der Waals surface area contributed by atoms with E-state index in [9.17, 15) is 23.1 Å². The van der Waals surface area contributed by atoms with Crippen molar-refractivity contribution >= 4 is 34.7 Å². The fourth-order valence-corrected chi connectivity index (χ4v) is 5.03. The number of nitrogens with one attached hydrogen (secondary N) is 2. The summed E-state index contributed by atoms with van der Waals surface area (Å²) in [5.74, 6) is -4.20. The zero-order valence-corrected chi connectivity index (χ0v) is 18.8. The van der Waals surface area contributed by atoms with E-state index in [4.69, 9.17) is 5.73 Å². The van der Waals surface area contributed by atoms with Crippen LogP contribution in [0.4, 0.5) is 30.8 Å². The summed E-state index contributed by atoms with van der Waals surface area (Å²) < 4.78 is 43.5. The van der Waals surface area contributed by atoms with Gasteiger partial charge < -0.3 is 21.5 Å². The van der Waals surface area contributed by atoms with Gasteiger partial charge >= 0.3 is 0 Å². The fraction of sp³-hybridized carbons (Fsp3) is 0.478. The Balaban J connectivity index is 1.52. The first kappa shape index (κ1) is 23.3. The predicted molar refractivity (Wildman–Crippen MR) is 122 cm³/mol. The summed E-state index contributed by atoms with van der Waals surface area (Å²) in [7, 11) is 0. The largest absolute Gasteiger partial charge is 0.393 e. The van der Waals surface area contributed by atoms with Gasteiger partial charge in [-0.25, -0.2) is 23.1 Å². The van der Waals surface area contributed by atoms with Crippen LogP contribution in [-0.2, 0) is 4.79 Å². The molecule has 2 aromatic heterocycles. The average Bonchev–Trinajstić information content (AvgIpc) is 3.41. The fourth-order valence-electron chi connectivity index (χ4n) is 5.03. The molecule has 5 N–H and O–H groups in total. The topological polar surface area (TPSA) is 131 Å². The standard InChI is InChI=1S/C23H26F3N7O2/c24-15-7-8-16(19(26)18(15)25)30-23-31-17-10-28-22(29-12-3-6-14(34)9-12)32-21(17)33(23)13-4-1-11(2-5-13)20(27)35/h7-8,10-14,34H,1-6,9H2,(H2,27,35)(H,30,31)(H,28,29,32)/t11-,12-,13-,14-/m1/s1. The number of amides is 1. The molecule has 9 nitrogen and oxygen atoms in total. The lowest BCUT2D eigenvalue weighted by Gasteiger charge is -2.29. The van der Waals surface area contributed by atoms with Gasteiger partial charge in [-0.15, -0.1) is 0 Å². The zero-order valence-electron chi connectivity index (χ0n) is 18.8. The van der Waals surface area contributed by atoms with Crippen molar-refractivity contribution in [2.45, 2.75) is 63.1 Å². The molecule has 186 valence electrons. The molecule has 0 saturated heterocycles. The number of carbonyl (C=O) groups excluding carboxylic acids is 1. The first-order valence-corrected chi connectivity index (χ1v) is 11.7. The summed E-state index contributed by atoms with van der Waals surface area (Å²) in [5.41, 5.74) is 6.13. The van der Waals surface area contributed by atoms with E-state index in [1.165, 1.54) is 6.20 Å². The highest BCUT2D eigenvalue weighted by Gasteiger charge is 2.30. The molecule has 0 bridgehead atoms. The van der Waals surface area contributed by atoms with Gasteiger partial charge in [-0.1, -0.05) is 0 Å². The number of aromatic nitrogens is 4. The lowest BCUT2D eigenvalue weighted by molar-refractivity contribution is -0.122. The Bertz CT molecular complexity index is 1260. The van der Waals surface area contributed by atoms with Gasteiger partial charge in [0.1, 0.15) is 5.52 Å². The number of fused-ring (bicyclic) bond motifs is 1. The predicted octanol–water partition coefficient (Wildman–Crippen LogP) is 3.53. The monoisotopic (exact) mass is 489 g/mol. The van der Waals surface area contributed by atoms with Gasteiger partial charge in [-0.05, 0) is 57.1 Å². The van der Waals surface area contributed by atoms with Gasteiger partial charge in [-0.3, -0.25) is 9.36 Å². The van der Waals surface area contributed by atoms with Crippen LogP contribution in [0.5, 0.6) is 0 Å². The first-order valence-electron chi connectivity index (χ1n) is 11.7. The van der Waals surface area contributed by atoms with Gasteiger partial charge in [0.2, 0.25) is 17.8 Å². The van der Waals surface area contributed by atoms with E-state index in [-0.39, 0.29) is 41.6 Å². The van der Waals surface area contributed by atoms with Gasteiger partial charge in [0.25, 0.3) is 0 Å². The minimum Gasteiger partial charge on any atom is -0.393 e. The van der Waals surface area contributed by atoms with Gasteiger partial charge in [0.05, 0.1) is 18.0 Å². The van der Waals surface area contributed by atoms with Crippen molar-refractivity contribution in [3.05, 3.63) is 35.8 Å². The molecule has 0 unspecified atom stereocenters. The maximum Gasteiger partial charge on any atom is 0.224 e. The molecule has 1 amide bonds. The lowest BCUT2D eigenvalue weighted by Crippen LogP contribution is -2.29. The summed E-state index contributed by atoms with van der Waals surface area (Å²) in [5, 5.41) is 15.8. The molecule has 0 radical (unpaired) electrons. The van der Waals surface area contributed by atoms with Crippen molar-refractivity contribution in [2.75, 3.05) is 10.6 Å². The van der Waals surface area contributed by atoms with Crippen LogP contribution in [0.3, 0.4) is 0 Å². The maximum atomic E-state index is 14.4. The summed E-state index contributed by atoms with van der Waals surface area (Å²) in [6.07, 6.45) is 5.64. The van der Waals surface area contributed by atoms with E-state index < -0.39 is 17.5 Å². The number of rotatable bonds is 6. The second-order valence-corrected chi connectivity index (χ2v) is 9.27. The van der Waals surface area contributed by atoms with Gasteiger partial charge in [0, 0.05) is 18.0 Å². The van der Waals surface area contributed by atoms with Gasteiger partial charge in [-0.2, -0.15) is 4.98 Å². The first-order chi connectivity index (χ1) is 16.8. The molecular formula is C23H26F3N7O2. The highest BCUT2D eigenvalue weighted by Crippen LogP contribution is 2.37. The van der Waals surface area contributed by atoms with Crippen LogP contribution < -0.4 is 16.4 Å². The number of primary amides is 1. The van der Waals surface area contributed by atoms with Gasteiger partial charge in [0.15, 0.2) is 23.1 Å². The smallest absolute Gasteiger partial charge is 0.224 e. The molecule has 3 aromatic rings. The van der Waals surface area contributed by atoms with Crippen LogP contribution in [0.1, 0.15) is 51.0 Å². The second-order valence-electron chi connectivity index (χ2n) is 9.27. The van der Waals surface area contributed by atoms with Crippen molar-refractivity contribution in [3.63, 3.8) is 0 Å². The normalized spacial score (nSPS) is 24.6. The van der Waals surface area contributed by atoms with Crippen molar-refractivity contribution in [1.29, 1.82) is 0 Å². The van der Waals surface area contributed by atoms with E-state index in [2.05, 4.69) is 25.6 Å². The number of aliphatic hydroxyl groups excluding tert-OH is 1. The van der Waals surface area contributed by atoms with Crippen molar-refractivity contribution in [1.82, 2.24) is 19.5 Å². The Kier molecular flexibility index (Phi) is 6.22. The number of aliphatic hydroxyl groups is 1. The molecule has 2 aliphatic carbocycles. The molecule has 2 fully saturated rings. The number of anilines is 3. The molecule has 2 heterocycles. The number of benzene rings is 1. The Morgan fingerprint density at radius 2 is 1.83 bits per heavy atom. The molecule has 12 heteroatoms. The Labute approximate surface area is 199 Å². The molecule has 35 heavy (non-hydrogen) atoms. The minimum atomic E-state index is -1.58. The molecule has 1 aromatic carbocycles. The number of carbonyl (C=O) groups is 1. The summed E-state index contributed by atoms with van der Waals surface area (Å²) in [6, 6.07) is 1.84. The van der Waals surface area contributed by atoms with E-state index in [0.29, 0.717) is 55.6 Å². The molecule has 2 atom stereocenters. The van der Waals surface area contributed by atoms with Crippen LogP contribution in [0.15, 0.2) is 18.3 Å². The summed E-state index contributed by atoms with van der Waals surface area (Å²) in [4.78, 5) is 25.1. The highest BCUT2D eigenvalue weighted by molar-refractivity contribution is 5.78. The molecule has 2 aliphatic rings. The van der Waals surface area contributed by atoms with Crippen LogP contribution >= 0.6 is 0 Å². The van der Waals surface area contributed by atoms with Crippen LogP contribution in [0.2, 0.25) is 0 Å². The quantitative estimate of drug-likeness (QED) is 0.390. The minimum absolute atomic E-state index is 0.0405. The van der Waals surface area contributed by atoms with Crippen molar-refractivity contribution in [2.24, 2.45) is 11.7 Å².